The number of rotatable bonds is 5. The van der Waals surface area contributed by atoms with Crippen LogP contribution in [0.3, 0.4) is 0 Å². The molecular weight excluding hydrogens is 350 g/mol. The Bertz CT molecular complexity index is 971. The molecule has 136 valence electrons. The fourth-order valence-corrected chi connectivity index (χ4v) is 2.85. The van der Waals surface area contributed by atoms with Gasteiger partial charge in [0.05, 0.1) is 31.4 Å². The number of carbonyl (C=O) groups is 3. The second kappa shape index (κ2) is 7.17. The molecule has 1 aliphatic rings. The lowest BCUT2D eigenvalue weighted by Gasteiger charge is -2.13. The molecule has 0 fully saturated rings. The van der Waals surface area contributed by atoms with Gasteiger partial charge in [-0.2, -0.15) is 5.26 Å². The van der Waals surface area contributed by atoms with Crippen LogP contribution in [0.2, 0.25) is 0 Å². The van der Waals surface area contributed by atoms with Crippen LogP contribution in [0.5, 0.6) is 11.5 Å². The van der Waals surface area contributed by atoms with Gasteiger partial charge in [-0.3, -0.25) is 19.3 Å². The summed E-state index contributed by atoms with van der Waals surface area (Å²) in [6.07, 6.45) is 0. The molecule has 27 heavy (non-hydrogen) atoms. The van der Waals surface area contributed by atoms with Crippen LogP contribution >= 0.6 is 0 Å². The zero-order valence-electron chi connectivity index (χ0n) is 14.6. The molecule has 8 nitrogen and oxygen atoms in total. The third-order valence-corrected chi connectivity index (χ3v) is 4.11. The van der Waals surface area contributed by atoms with Crippen molar-refractivity contribution >= 4 is 23.4 Å². The summed E-state index contributed by atoms with van der Waals surface area (Å²) >= 11 is 0. The van der Waals surface area contributed by atoms with Crippen LogP contribution in [0.1, 0.15) is 31.1 Å². The van der Waals surface area contributed by atoms with Crippen molar-refractivity contribution < 1.29 is 23.9 Å². The number of ether oxygens (including phenoxy) is 2. The van der Waals surface area contributed by atoms with Gasteiger partial charge < -0.3 is 14.8 Å². The third kappa shape index (κ3) is 3.06. The number of nitrogens with zero attached hydrogens (tertiary/aromatic N) is 2. The molecule has 0 saturated carbocycles. The average Bonchev–Trinajstić information content (AvgIpc) is 2.92. The van der Waals surface area contributed by atoms with E-state index in [9.17, 15) is 14.4 Å². The number of fused-ring (bicyclic) bond motifs is 1. The van der Waals surface area contributed by atoms with E-state index in [4.69, 9.17) is 14.7 Å². The van der Waals surface area contributed by atoms with Gasteiger partial charge in [-0.05, 0) is 30.3 Å². The Kier molecular flexibility index (Phi) is 4.77. The molecule has 0 aliphatic carbocycles. The second-order valence-corrected chi connectivity index (χ2v) is 5.61. The molecule has 0 bridgehead atoms. The molecule has 2 aromatic carbocycles. The number of anilines is 1. The number of methoxy groups -OCH3 is 2. The number of hydrogen-bond donors (Lipinski definition) is 1. The van der Waals surface area contributed by atoms with E-state index in [-0.39, 0.29) is 23.2 Å². The van der Waals surface area contributed by atoms with E-state index >= 15 is 0 Å². The first-order chi connectivity index (χ1) is 13.0. The standard InChI is InChI=1S/C19H15N3O5/c1-26-14-4-3-5-15(27-2)16(14)17(23)21-11-6-7-12-13(10-11)19(25)22(9-8-20)18(12)24/h3-7,10H,9H2,1-2H3,(H,21,23). The molecule has 1 heterocycles. The topological polar surface area (TPSA) is 109 Å². The molecule has 0 unspecified atom stereocenters. The molecule has 0 radical (unpaired) electrons. The summed E-state index contributed by atoms with van der Waals surface area (Å²) < 4.78 is 10.4. The minimum Gasteiger partial charge on any atom is -0.496 e. The summed E-state index contributed by atoms with van der Waals surface area (Å²) in [6, 6.07) is 11.1. The molecule has 1 N–H and O–H groups in total. The number of hydrogen-bond acceptors (Lipinski definition) is 6. The fraction of sp³-hybridized carbons (Fsp3) is 0.158. The Morgan fingerprint density at radius 3 is 2.30 bits per heavy atom. The van der Waals surface area contributed by atoms with Gasteiger partial charge in [-0.1, -0.05) is 6.07 Å². The molecule has 0 atom stereocenters. The van der Waals surface area contributed by atoms with Crippen LogP contribution in [0, 0.1) is 11.3 Å². The van der Waals surface area contributed by atoms with Crippen molar-refractivity contribution in [1.29, 1.82) is 5.26 Å². The van der Waals surface area contributed by atoms with E-state index in [1.54, 1.807) is 24.3 Å². The number of nitrogens with one attached hydrogen (secondary N) is 1. The van der Waals surface area contributed by atoms with Gasteiger partial charge in [0, 0.05) is 5.69 Å². The normalized spacial score (nSPS) is 12.4. The van der Waals surface area contributed by atoms with E-state index in [2.05, 4.69) is 5.32 Å². The smallest absolute Gasteiger partial charge is 0.263 e. The SMILES string of the molecule is COc1cccc(OC)c1C(=O)Nc1ccc2c(c1)C(=O)N(CC#N)C2=O. The summed E-state index contributed by atoms with van der Waals surface area (Å²) in [5, 5.41) is 11.4. The second-order valence-electron chi connectivity index (χ2n) is 5.61. The Morgan fingerprint density at radius 1 is 1.07 bits per heavy atom. The van der Waals surface area contributed by atoms with Gasteiger partial charge in [0.2, 0.25) is 0 Å². The van der Waals surface area contributed by atoms with Crippen molar-refractivity contribution in [3.63, 3.8) is 0 Å². The molecule has 0 spiro atoms. The highest BCUT2D eigenvalue weighted by atomic mass is 16.5. The summed E-state index contributed by atoms with van der Waals surface area (Å²) in [7, 11) is 2.88. The predicted molar refractivity (Wildman–Crippen MR) is 94.9 cm³/mol. The highest BCUT2D eigenvalue weighted by molar-refractivity contribution is 6.22. The first-order valence-corrected chi connectivity index (χ1v) is 7.91. The number of benzene rings is 2. The Morgan fingerprint density at radius 2 is 1.70 bits per heavy atom. The molecule has 3 rings (SSSR count). The summed E-state index contributed by atoms with van der Waals surface area (Å²) in [5.41, 5.74) is 0.867. The van der Waals surface area contributed by atoms with Gasteiger partial charge >= 0.3 is 0 Å². The van der Waals surface area contributed by atoms with Gasteiger partial charge in [0.15, 0.2) is 0 Å². The lowest BCUT2D eigenvalue weighted by Crippen LogP contribution is -2.29. The molecule has 2 aromatic rings. The predicted octanol–water partition coefficient (Wildman–Crippen LogP) is 2.08. The first-order valence-electron chi connectivity index (χ1n) is 7.91. The van der Waals surface area contributed by atoms with Crippen molar-refractivity contribution in [2.24, 2.45) is 0 Å². The quantitative estimate of drug-likeness (QED) is 0.642. The van der Waals surface area contributed by atoms with Crippen LogP contribution in [0.15, 0.2) is 36.4 Å². The lowest BCUT2D eigenvalue weighted by atomic mass is 10.1. The summed E-state index contributed by atoms with van der Waals surface area (Å²) in [6.45, 7) is -0.327. The first kappa shape index (κ1) is 17.9. The maximum absolute atomic E-state index is 12.7. The summed E-state index contributed by atoms with van der Waals surface area (Å²) in [5.74, 6) is -0.919. The van der Waals surface area contributed by atoms with Gasteiger partial charge in [-0.25, -0.2) is 0 Å². The lowest BCUT2D eigenvalue weighted by molar-refractivity contribution is 0.0673. The largest absolute Gasteiger partial charge is 0.496 e. The molecule has 0 saturated heterocycles. The molecule has 8 heteroatoms. The molecule has 3 amide bonds. The van der Waals surface area contributed by atoms with Crippen molar-refractivity contribution in [1.82, 2.24) is 4.90 Å². The monoisotopic (exact) mass is 365 g/mol. The fourth-order valence-electron chi connectivity index (χ4n) is 2.85. The minimum absolute atomic E-state index is 0.139. The van der Waals surface area contributed by atoms with Crippen molar-refractivity contribution in [2.75, 3.05) is 26.1 Å². The molecule has 0 aromatic heterocycles. The van der Waals surface area contributed by atoms with E-state index in [0.29, 0.717) is 17.2 Å². The number of nitriles is 1. The zero-order chi connectivity index (χ0) is 19.6. The van der Waals surface area contributed by atoms with Gasteiger partial charge in [0.25, 0.3) is 17.7 Å². The number of carbonyl (C=O) groups excluding carboxylic acids is 3. The van der Waals surface area contributed by atoms with Crippen molar-refractivity contribution in [2.45, 2.75) is 0 Å². The van der Waals surface area contributed by atoms with E-state index in [0.717, 1.165) is 4.90 Å². The summed E-state index contributed by atoms with van der Waals surface area (Å²) in [4.78, 5) is 38.0. The van der Waals surface area contributed by atoms with Gasteiger partial charge in [-0.15, -0.1) is 0 Å². The Hall–Kier alpha value is -3.86. The van der Waals surface area contributed by atoms with Crippen molar-refractivity contribution in [3.05, 3.63) is 53.1 Å². The number of amides is 3. The highest BCUT2D eigenvalue weighted by Gasteiger charge is 2.35. The van der Waals surface area contributed by atoms with Crippen molar-refractivity contribution in [3.8, 4) is 17.6 Å². The molecule has 1 aliphatic heterocycles. The Balaban J connectivity index is 1.92. The van der Waals surface area contributed by atoms with Crippen LogP contribution in [-0.2, 0) is 0 Å². The van der Waals surface area contributed by atoms with Crippen LogP contribution in [0.25, 0.3) is 0 Å². The highest BCUT2D eigenvalue weighted by Crippen LogP contribution is 2.30. The van der Waals surface area contributed by atoms with E-state index < -0.39 is 17.7 Å². The van der Waals surface area contributed by atoms with Gasteiger partial charge in [0.1, 0.15) is 23.6 Å². The zero-order valence-corrected chi connectivity index (χ0v) is 14.6. The number of imide groups is 1. The van der Waals surface area contributed by atoms with E-state index in [1.807, 2.05) is 0 Å². The van der Waals surface area contributed by atoms with Crippen LogP contribution in [0.4, 0.5) is 5.69 Å². The molecular formula is C19H15N3O5. The van der Waals surface area contributed by atoms with Crippen LogP contribution < -0.4 is 14.8 Å². The maximum Gasteiger partial charge on any atom is 0.263 e. The average molecular weight is 365 g/mol. The minimum atomic E-state index is -0.567. The van der Waals surface area contributed by atoms with Crippen LogP contribution in [-0.4, -0.2) is 43.4 Å². The van der Waals surface area contributed by atoms with E-state index in [1.165, 1.54) is 32.4 Å². The third-order valence-electron chi connectivity index (χ3n) is 4.11. The Labute approximate surface area is 154 Å². The maximum atomic E-state index is 12.7.